The van der Waals surface area contributed by atoms with Crippen LogP contribution in [-0.2, 0) is 4.79 Å². The van der Waals surface area contributed by atoms with Gasteiger partial charge in [0.1, 0.15) is 0 Å². The number of hydrogen-bond acceptors (Lipinski definition) is 5. The Kier molecular flexibility index (Phi) is 4.68. The van der Waals surface area contributed by atoms with E-state index in [1.165, 1.54) is 11.8 Å². The van der Waals surface area contributed by atoms with Crippen molar-refractivity contribution in [3.63, 3.8) is 0 Å². The SMILES string of the molecule is CN(C(=O)CSc1nnnn1-c1ccccc1)c1ccccc1. The molecule has 0 saturated carbocycles. The quantitative estimate of drug-likeness (QED) is 0.674. The molecule has 0 atom stereocenters. The number of benzene rings is 2. The van der Waals surface area contributed by atoms with Crippen molar-refractivity contribution in [3.05, 3.63) is 60.7 Å². The van der Waals surface area contributed by atoms with Crippen LogP contribution in [0.5, 0.6) is 0 Å². The van der Waals surface area contributed by atoms with E-state index in [0.717, 1.165) is 11.4 Å². The number of carbonyl (C=O) groups is 1. The Hall–Kier alpha value is -2.67. The van der Waals surface area contributed by atoms with Crippen LogP contribution in [0.1, 0.15) is 0 Å². The van der Waals surface area contributed by atoms with Crippen LogP contribution in [0.2, 0.25) is 0 Å². The van der Waals surface area contributed by atoms with Crippen LogP contribution < -0.4 is 4.90 Å². The number of anilines is 1. The lowest BCUT2D eigenvalue weighted by Crippen LogP contribution is -2.27. The number of carbonyl (C=O) groups excluding carboxylic acids is 1. The second kappa shape index (κ2) is 7.06. The molecule has 2 aromatic carbocycles. The van der Waals surface area contributed by atoms with E-state index >= 15 is 0 Å². The van der Waals surface area contributed by atoms with Gasteiger partial charge in [0.05, 0.1) is 11.4 Å². The van der Waals surface area contributed by atoms with Gasteiger partial charge in [-0.05, 0) is 34.7 Å². The van der Waals surface area contributed by atoms with Gasteiger partial charge in [-0.3, -0.25) is 4.79 Å². The molecular weight excluding hydrogens is 310 g/mol. The summed E-state index contributed by atoms with van der Waals surface area (Å²) in [4.78, 5) is 13.9. The predicted molar refractivity (Wildman–Crippen MR) is 89.7 cm³/mol. The molecule has 0 saturated heterocycles. The molecule has 116 valence electrons. The Balaban J connectivity index is 1.68. The highest BCUT2D eigenvalue weighted by Crippen LogP contribution is 2.19. The number of amides is 1. The van der Waals surface area contributed by atoms with E-state index in [-0.39, 0.29) is 11.7 Å². The van der Waals surface area contributed by atoms with Crippen LogP contribution in [0.4, 0.5) is 5.69 Å². The minimum atomic E-state index is -0.0104. The molecule has 0 spiro atoms. The van der Waals surface area contributed by atoms with Gasteiger partial charge in [-0.2, -0.15) is 4.68 Å². The molecule has 7 heteroatoms. The normalized spacial score (nSPS) is 10.5. The van der Waals surface area contributed by atoms with Crippen LogP contribution in [0.25, 0.3) is 5.69 Å². The highest BCUT2D eigenvalue weighted by Gasteiger charge is 2.14. The Bertz CT molecular complexity index is 775. The van der Waals surface area contributed by atoms with Crippen molar-refractivity contribution in [3.8, 4) is 5.69 Å². The van der Waals surface area contributed by atoms with Crippen molar-refractivity contribution in [1.29, 1.82) is 0 Å². The van der Waals surface area contributed by atoms with Crippen molar-refractivity contribution in [2.75, 3.05) is 17.7 Å². The number of rotatable bonds is 5. The van der Waals surface area contributed by atoms with Gasteiger partial charge in [0.2, 0.25) is 11.1 Å². The molecule has 0 aliphatic heterocycles. The first-order valence-corrected chi connectivity index (χ1v) is 8.02. The summed E-state index contributed by atoms with van der Waals surface area (Å²) in [5.41, 5.74) is 1.73. The number of aromatic nitrogens is 4. The number of tetrazole rings is 1. The summed E-state index contributed by atoms with van der Waals surface area (Å²) in [7, 11) is 1.76. The van der Waals surface area contributed by atoms with Gasteiger partial charge >= 0.3 is 0 Å². The zero-order chi connectivity index (χ0) is 16.1. The lowest BCUT2D eigenvalue weighted by molar-refractivity contribution is -0.115. The van der Waals surface area contributed by atoms with E-state index in [2.05, 4.69) is 15.5 Å². The molecule has 1 aromatic heterocycles. The number of nitrogens with zero attached hydrogens (tertiary/aromatic N) is 5. The first kappa shape index (κ1) is 15.2. The van der Waals surface area contributed by atoms with Crippen molar-refractivity contribution in [1.82, 2.24) is 20.2 Å². The molecule has 0 fully saturated rings. The number of hydrogen-bond donors (Lipinski definition) is 0. The second-order valence-electron chi connectivity index (χ2n) is 4.79. The largest absolute Gasteiger partial charge is 0.315 e. The van der Waals surface area contributed by atoms with Gasteiger partial charge in [0.15, 0.2) is 0 Å². The lowest BCUT2D eigenvalue weighted by atomic mass is 10.3. The van der Waals surface area contributed by atoms with Gasteiger partial charge in [0.25, 0.3) is 0 Å². The maximum absolute atomic E-state index is 12.3. The maximum Gasteiger partial charge on any atom is 0.237 e. The molecule has 1 heterocycles. The molecule has 23 heavy (non-hydrogen) atoms. The Morgan fingerprint density at radius 2 is 1.74 bits per heavy atom. The smallest absolute Gasteiger partial charge is 0.237 e. The summed E-state index contributed by atoms with van der Waals surface area (Å²) in [6, 6.07) is 19.1. The molecule has 1 amide bonds. The predicted octanol–water partition coefficient (Wildman–Crippen LogP) is 2.42. The average molecular weight is 325 g/mol. The minimum absolute atomic E-state index is 0.0104. The van der Waals surface area contributed by atoms with Crippen LogP contribution in [0.3, 0.4) is 0 Å². The fourth-order valence-electron chi connectivity index (χ4n) is 2.02. The van der Waals surface area contributed by atoms with Crippen molar-refractivity contribution >= 4 is 23.4 Å². The standard InChI is InChI=1S/C16H15N5OS/c1-20(13-8-4-2-5-9-13)15(22)12-23-16-17-18-19-21(16)14-10-6-3-7-11-14/h2-11H,12H2,1H3. The monoisotopic (exact) mass is 325 g/mol. The van der Waals surface area contributed by atoms with Crippen molar-refractivity contribution in [2.45, 2.75) is 5.16 Å². The van der Waals surface area contributed by atoms with Gasteiger partial charge in [0, 0.05) is 12.7 Å². The zero-order valence-corrected chi connectivity index (χ0v) is 13.3. The molecule has 6 nitrogen and oxygen atoms in total. The zero-order valence-electron chi connectivity index (χ0n) is 12.5. The van der Waals surface area contributed by atoms with Crippen LogP contribution >= 0.6 is 11.8 Å². The third-order valence-corrected chi connectivity index (χ3v) is 4.19. The highest BCUT2D eigenvalue weighted by molar-refractivity contribution is 7.99. The van der Waals surface area contributed by atoms with Crippen LogP contribution in [-0.4, -0.2) is 38.9 Å². The third-order valence-electron chi connectivity index (χ3n) is 3.28. The lowest BCUT2D eigenvalue weighted by Gasteiger charge is -2.16. The summed E-state index contributed by atoms with van der Waals surface area (Å²) < 4.78 is 1.63. The van der Waals surface area contributed by atoms with E-state index in [0.29, 0.717) is 5.16 Å². The Morgan fingerprint density at radius 3 is 2.43 bits per heavy atom. The van der Waals surface area contributed by atoms with Crippen molar-refractivity contribution in [2.24, 2.45) is 0 Å². The van der Waals surface area contributed by atoms with Crippen molar-refractivity contribution < 1.29 is 4.79 Å². The van der Waals surface area contributed by atoms with E-state index in [9.17, 15) is 4.79 Å². The molecule has 3 rings (SSSR count). The fourth-order valence-corrected chi connectivity index (χ4v) is 2.82. The molecule has 0 radical (unpaired) electrons. The van der Waals surface area contributed by atoms with Crippen LogP contribution in [0, 0.1) is 0 Å². The molecular formula is C16H15N5OS. The topological polar surface area (TPSA) is 63.9 Å². The summed E-state index contributed by atoms with van der Waals surface area (Å²) >= 11 is 1.32. The molecule has 0 aliphatic rings. The number of para-hydroxylation sites is 2. The number of thioether (sulfide) groups is 1. The second-order valence-corrected chi connectivity index (χ2v) is 5.73. The first-order valence-electron chi connectivity index (χ1n) is 7.04. The highest BCUT2D eigenvalue weighted by atomic mass is 32.2. The van der Waals surface area contributed by atoms with Gasteiger partial charge < -0.3 is 4.90 Å². The summed E-state index contributed by atoms with van der Waals surface area (Å²) in [6.45, 7) is 0. The molecule has 0 aliphatic carbocycles. The first-order chi connectivity index (χ1) is 11.3. The van der Waals surface area contributed by atoms with E-state index in [1.54, 1.807) is 16.6 Å². The Labute approximate surface area is 138 Å². The van der Waals surface area contributed by atoms with E-state index in [1.807, 2.05) is 60.7 Å². The van der Waals surface area contributed by atoms with Gasteiger partial charge in [-0.1, -0.05) is 48.2 Å². The Morgan fingerprint density at radius 1 is 1.09 bits per heavy atom. The fraction of sp³-hybridized carbons (Fsp3) is 0.125. The van der Waals surface area contributed by atoms with Crippen LogP contribution in [0.15, 0.2) is 65.8 Å². The molecule has 3 aromatic rings. The maximum atomic E-state index is 12.3. The molecule has 0 unspecified atom stereocenters. The molecule has 0 N–H and O–H groups in total. The molecule has 0 bridgehead atoms. The summed E-state index contributed by atoms with van der Waals surface area (Å²) in [5, 5.41) is 12.3. The summed E-state index contributed by atoms with van der Waals surface area (Å²) in [6.07, 6.45) is 0. The van der Waals surface area contributed by atoms with Gasteiger partial charge in [-0.15, -0.1) is 5.10 Å². The average Bonchev–Trinajstić information content (AvgIpc) is 3.09. The van der Waals surface area contributed by atoms with Gasteiger partial charge in [-0.25, -0.2) is 0 Å². The minimum Gasteiger partial charge on any atom is -0.315 e. The summed E-state index contributed by atoms with van der Waals surface area (Å²) in [5.74, 6) is 0.252. The van der Waals surface area contributed by atoms with E-state index in [4.69, 9.17) is 0 Å². The third kappa shape index (κ3) is 3.57. The van der Waals surface area contributed by atoms with E-state index < -0.39 is 0 Å².